The first-order valence-corrected chi connectivity index (χ1v) is 6.37. The number of benzene rings is 2. The molecule has 0 radical (unpaired) electrons. The lowest BCUT2D eigenvalue weighted by Gasteiger charge is -2.07. The summed E-state index contributed by atoms with van der Waals surface area (Å²) in [7, 11) is 0. The SMILES string of the molecule is CC(=O)Nc1cccc(-c2ccccc2I)c1. The van der Waals surface area contributed by atoms with Crippen molar-refractivity contribution < 1.29 is 4.79 Å². The molecule has 1 amide bonds. The van der Waals surface area contributed by atoms with E-state index in [-0.39, 0.29) is 5.91 Å². The third-order valence-corrected chi connectivity index (χ3v) is 3.31. The van der Waals surface area contributed by atoms with Gasteiger partial charge in [0.2, 0.25) is 5.91 Å². The van der Waals surface area contributed by atoms with Crippen LogP contribution in [0.4, 0.5) is 5.69 Å². The summed E-state index contributed by atoms with van der Waals surface area (Å²) in [5.74, 6) is -0.0510. The van der Waals surface area contributed by atoms with Gasteiger partial charge in [-0.1, -0.05) is 30.3 Å². The van der Waals surface area contributed by atoms with Gasteiger partial charge in [0, 0.05) is 16.2 Å². The molecule has 0 bridgehead atoms. The van der Waals surface area contributed by atoms with Gasteiger partial charge in [-0.05, 0) is 51.9 Å². The Hall–Kier alpha value is -1.36. The summed E-state index contributed by atoms with van der Waals surface area (Å²) >= 11 is 2.31. The third-order valence-electron chi connectivity index (χ3n) is 2.37. The van der Waals surface area contributed by atoms with Crippen LogP contribution in [0.15, 0.2) is 48.5 Å². The van der Waals surface area contributed by atoms with Crippen LogP contribution in [0.5, 0.6) is 0 Å². The number of carbonyl (C=O) groups excluding carboxylic acids is 1. The van der Waals surface area contributed by atoms with E-state index >= 15 is 0 Å². The summed E-state index contributed by atoms with van der Waals surface area (Å²) in [5.41, 5.74) is 3.12. The second kappa shape index (κ2) is 5.31. The van der Waals surface area contributed by atoms with Gasteiger partial charge >= 0.3 is 0 Å². The molecule has 0 saturated heterocycles. The predicted molar refractivity (Wildman–Crippen MR) is 78.9 cm³/mol. The van der Waals surface area contributed by atoms with Gasteiger partial charge in [0.25, 0.3) is 0 Å². The van der Waals surface area contributed by atoms with Crippen molar-refractivity contribution in [3.63, 3.8) is 0 Å². The lowest BCUT2D eigenvalue weighted by Crippen LogP contribution is -2.05. The Labute approximate surface area is 114 Å². The van der Waals surface area contributed by atoms with Crippen molar-refractivity contribution in [2.45, 2.75) is 6.92 Å². The van der Waals surface area contributed by atoms with Crippen LogP contribution in [-0.2, 0) is 4.79 Å². The zero-order valence-corrected chi connectivity index (χ0v) is 11.6. The molecule has 0 fully saturated rings. The van der Waals surface area contributed by atoms with Crippen LogP contribution in [0.2, 0.25) is 0 Å². The molecule has 17 heavy (non-hydrogen) atoms. The Morgan fingerprint density at radius 2 is 1.88 bits per heavy atom. The minimum Gasteiger partial charge on any atom is -0.326 e. The summed E-state index contributed by atoms with van der Waals surface area (Å²) < 4.78 is 1.20. The first kappa shape index (κ1) is 12.1. The van der Waals surface area contributed by atoms with Crippen LogP contribution >= 0.6 is 22.6 Å². The monoisotopic (exact) mass is 337 g/mol. The summed E-state index contributed by atoms with van der Waals surface area (Å²) in [6, 6.07) is 16.0. The van der Waals surface area contributed by atoms with E-state index in [1.54, 1.807) is 0 Å². The first-order chi connectivity index (χ1) is 8.16. The van der Waals surface area contributed by atoms with Crippen molar-refractivity contribution in [3.8, 4) is 11.1 Å². The van der Waals surface area contributed by atoms with E-state index in [1.165, 1.54) is 16.1 Å². The fourth-order valence-electron chi connectivity index (χ4n) is 1.66. The van der Waals surface area contributed by atoms with Gasteiger partial charge in [-0.3, -0.25) is 4.79 Å². The minimum absolute atomic E-state index is 0.0510. The molecule has 2 aromatic carbocycles. The van der Waals surface area contributed by atoms with Crippen LogP contribution in [0.3, 0.4) is 0 Å². The Balaban J connectivity index is 2.40. The topological polar surface area (TPSA) is 29.1 Å². The van der Waals surface area contributed by atoms with Crippen molar-refractivity contribution >= 4 is 34.2 Å². The maximum atomic E-state index is 11.0. The number of carbonyl (C=O) groups is 1. The number of nitrogens with one attached hydrogen (secondary N) is 1. The normalized spacial score (nSPS) is 10.0. The standard InChI is InChI=1S/C14H12INO/c1-10(17)16-12-6-4-5-11(9-12)13-7-2-3-8-14(13)15/h2-9H,1H3,(H,16,17). The highest BCUT2D eigenvalue weighted by Crippen LogP contribution is 2.26. The Kier molecular flexibility index (Phi) is 3.78. The van der Waals surface area contributed by atoms with Crippen LogP contribution in [0.1, 0.15) is 6.92 Å². The van der Waals surface area contributed by atoms with Crippen molar-refractivity contribution in [2.75, 3.05) is 5.32 Å². The van der Waals surface area contributed by atoms with Gasteiger partial charge in [0.15, 0.2) is 0 Å². The van der Waals surface area contributed by atoms with E-state index in [0.29, 0.717) is 0 Å². The molecule has 86 valence electrons. The highest BCUT2D eigenvalue weighted by molar-refractivity contribution is 14.1. The largest absolute Gasteiger partial charge is 0.326 e. The molecule has 0 spiro atoms. The van der Waals surface area contributed by atoms with Gasteiger partial charge in [-0.2, -0.15) is 0 Å². The molecular formula is C14H12INO. The maximum absolute atomic E-state index is 11.0. The maximum Gasteiger partial charge on any atom is 0.221 e. The van der Waals surface area contributed by atoms with E-state index < -0.39 is 0 Å². The predicted octanol–water partition coefficient (Wildman–Crippen LogP) is 3.92. The van der Waals surface area contributed by atoms with Crippen LogP contribution in [-0.4, -0.2) is 5.91 Å². The highest BCUT2D eigenvalue weighted by Gasteiger charge is 2.03. The smallest absolute Gasteiger partial charge is 0.221 e. The molecule has 2 aromatic rings. The van der Waals surface area contributed by atoms with Crippen molar-refractivity contribution in [1.82, 2.24) is 0 Å². The number of rotatable bonds is 2. The summed E-state index contributed by atoms with van der Waals surface area (Å²) in [6.07, 6.45) is 0. The molecule has 0 saturated carbocycles. The van der Waals surface area contributed by atoms with Crippen LogP contribution < -0.4 is 5.32 Å². The zero-order chi connectivity index (χ0) is 12.3. The van der Waals surface area contributed by atoms with E-state index in [4.69, 9.17) is 0 Å². The fraction of sp³-hybridized carbons (Fsp3) is 0.0714. The molecule has 3 heteroatoms. The molecule has 2 nitrogen and oxygen atoms in total. The van der Waals surface area contributed by atoms with Gasteiger partial charge in [0.1, 0.15) is 0 Å². The minimum atomic E-state index is -0.0510. The van der Waals surface area contributed by atoms with E-state index in [0.717, 1.165) is 11.3 Å². The Morgan fingerprint density at radius 3 is 2.59 bits per heavy atom. The molecule has 0 heterocycles. The van der Waals surface area contributed by atoms with E-state index in [9.17, 15) is 4.79 Å². The molecule has 1 N–H and O–H groups in total. The first-order valence-electron chi connectivity index (χ1n) is 5.29. The molecule has 2 rings (SSSR count). The average molecular weight is 337 g/mol. The quantitative estimate of drug-likeness (QED) is 0.827. The lowest BCUT2D eigenvalue weighted by atomic mass is 10.1. The average Bonchev–Trinajstić information content (AvgIpc) is 2.29. The van der Waals surface area contributed by atoms with E-state index in [2.05, 4.69) is 40.0 Å². The molecule has 0 aliphatic carbocycles. The molecule has 0 aromatic heterocycles. The third kappa shape index (κ3) is 3.06. The molecule has 0 aliphatic heterocycles. The van der Waals surface area contributed by atoms with Gasteiger partial charge in [-0.25, -0.2) is 0 Å². The van der Waals surface area contributed by atoms with Crippen LogP contribution in [0, 0.1) is 3.57 Å². The molecular weight excluding hydrogens is 325 g/mol. The Morgan fingerprint density at radius 1 is 1.12 bits per heavy atom. The fourth-order valence-corrected chi connectivity index (χ4v) is 2.36. The number of amides is 1. The second-order valence-corrected chi connectivity index (χ2v) is 4.90. The van der Waals surface area contributed by atoms with Gasteiger partial charge in [0.05, 0.1) is 0 Å². The lowest BCUT2D eigenvalue weighted by molar-refractivity contribution is -0.114. The molecule has 0 aliphatic rings. The Bertz CT molecular complexity index is 551. The van der Waals surface area contributed by atoms with Crippen molar-refractivity contribution in [2.24, 2.45) is 0 Å². The van der Waals surface area contributed by atoms with Crippen molar-refractivity contribution in [3.05, 3.63) is 52.1 Å². The molecule has 0 atom stereocenters. The molecule has 0 unspecified atom stereocenters. The summed E-state index contributed by atoms with van der Waals surface area (Å²) in [6.45, 7) is 1.51. The number of anilines is 1. The van der Waals surface area contributed by atoms with Crippen LogP contribution in [0.25, 0.3) is 11.1 Å². The van der Waals surface area contributed by atoms with Gasteiger partial charge in [-0.15, -0.1) is 0 Å². The number of hydrogen-bond donors (Lipinski definition) is 1. The summed E-state index contributed by atoms with van der Waals surface area (Å²) in [5, 5.41) is 2.79. The highest BCUT2D eigenvalue weighted by atomic mass is 127. The number of hydrogen-bond acceptors (Lipinski definition) is 1. The zero-order valence-electron chi connectivity index (χ0n) is 9.41. The number of halogens is 1. The van der Waals surface area contributed by atoms with Gasteiger partial charge < -0.3 is 5.32 Å². The second-order valence-electron chi connectivity index (χ2n) is 3.74. The summed E-state index contributed by atoms with van der Waals surface area (Å²) in [4.78, 5) is 11.0. The van der Waals surface area contributed by atoms with E-state index in [1.807, 2.05) is 36.4 Å². The van der Waals surface area contributed by atoms with Crippen molar-refractivity contribution in [1.29, 1.82) is 0 Å².